The molecule has 4 heteroatoms. The molecule has 0 amide bonds. The summed E-state index contributed by atoms with van der Waals surface area (Å²) < 4.78 is 4.36. The maximum absolute atomic E-state index is 6.09. The fraction of sp³-hybridized carbons (Fsp3) is 0.471. The van der Waals surface area contributed by atoms with Crippen molar-refractivity contribution < 1.29 is 0 Å². The average molecular weight is 301 g/mol. The first kappa shape index (κ1) is 14.4. The van der Waals surface area contributed by atoms with Gasteiger partial charge in [-0.1, -0.05) is 62.4 Å². The first-order valence-electron chi connectivity index (χ1n) is 7.91. The fourth-order valence-electron chi connectivity index (χ4n) is 3.07. The highest BCUT2D eigenvalue weighted by Crippen LogP contribution is 2.37. The van der Waals surface area contributed by atoms with E-state index in [2.05, 4.69) is 21.8 Å². The lowest BCUT2D eigenvalue weighted by Gasteiger charge is -2.21. The molecule has 1 fully saturated rings. The van der Waals surface area contributed by atoms with Crippen LogP contribution >= 0.6 is 11.5 Å². The Morgan fingerprint density at radius 2 is 1.67 bits per heavy atom. The largest absolute Gasteiger partial charge is 0.382 e. The van der Waals surface area contributed by atoms with Crippen LogP contribution in [0.3, 0.4) is 0 Å². The highest BCUT2D eigenvalue weighted by atomic mass is 32.1. The summed E-state index contributed by atoms with van der Waals surface area (Å²) in [6.45, 7) is 0. The standard InChI is InChI=1S/C17H23N3S/c18-16-15(13-9-5-4-6-10-13)17(21-20-16)19-14-11-7-2-1-3-8-12-14/h4-6,9-10,14,19H,1-3,7-8,11-12H2,(H2,18,20). The molecule has 0 radical (unpaired) electrons. The van der Waals surface area contributed by atoms with Crippen LogP contribution in [0.5, 0.6) is 0 Å². The molecule has 3 N–H and O–H groups in total. The van der Waals surface area contributed by atoms with Gasteiger partial charge in [-0.2, -0.15) is 4.37 Å². The van der Waals surface area contributed by atoms with E-state index >= 15 is 0 Å². The molecule has 1 aromatic carbocycles. The predicted molar refractivity (Wildman–Crippen MR) is 91.7 cm³/mol. The number of hydrogen-bond donors (Lipinski definition) is 2. The predicted octanol–water partition coefficient (Wildman–Crippen LogP) is 4.92. The molecule has 1 aliphatic rings. The molecular formula is C17H23N3S. The number of benzene rings is 1. The molecule has 3 rings (SSSR count). The summed E-state index contributed by atoms with van der Waals surface area (Å²) in [5, 5.41) is 4.84. The molecule has 1 aromatic heterocycles. The minimum Gasteiger partial charge on any atom is -0.382 e. The monoisotopic (exact) mass is 301 g/mol. The Balaban J connectivity index is 1.79. The topological polar surface area (TPSA) is 50.9 Å². The van der Waals surface area contributed by atoms with Crippen LogP contribution in [-0.4, -0.2) is 10.4 Å². The first-order chi connectivity index (χ1) is 10.3. The maximum Gasteiger partial charge on any atom is 0.147 e. The number of nitrogens with two attached hydrogens (primary N) is 1. The molecule has 0 atom stereocenters. The van der Waals surface area contributed by atoms with E-state index in [-0.39, 0.29) is 0 Å². The second-order valence-corrected chi connectivity index (χ2v) is 6.60. The van der Waals surface area contributed by atoms with Gasteiger partial charge < -0.3 is 11.1 Å². The van der Waals surface area contributed by atoms with Gasteiger partial charge in [-0.05, 0) is 29.9 Å². The summed E-state index contributed by atoms with van der Waals surface area (Å²) in [7, 11) is 0. The maximum atomic E-state index is 6.09. The summed E-state index contributed by atoms with van der Waals surface area (Å²) in [5.41, 5.74) is 8.32. The van der Waals surface area contributed by atoms with E-state index < -0.39 is 0 Å². The molecule has 0 spiro atoms. The zero-order chi connectivity index (χ0) is 14.5. The Morgan fingerprint density at radius 3 is 2.38 bits per heavy atom. The van der Waals surface area contributed by atoms with Crippen molar-refractivity contribution in [1.82, 2.24) is 4.37 Å². The van der Waals surface area contributed by atoms with Gasteiger partial charge in [-0.25, -0.2) is 0 Å². The van der Waals surface area contributed by atoms with Gasteiger partial charge >= 0.3 is 0 Å². The van der Waals surface area contributed by atoms with Crippen LogP contribution in [0.2, 0.25) is 0 Å². The third kappa shape index (κ3) is 3.56. The second kappa shape index (κ2) is 6.94. The Morgan fingerprint density at radius 1 is 1.00 bits per heavy atom. The Labute approximate surface area is 130 Å². The van der Waals surface area contributed by atoms with Crippen LogP contribution in [0, 0.1) is 0 Å². The van der Waals surface area contributed by atoms with Crippen molar-refractivity contribution >= 4 is 22.4 Å². The van der Waals surface area contributed by atoms with Crippen molar-refractivity contribution in [3.8, 4) is 11.1 Å². The molecule has 1 heterocycles. The number of nitrogens with one attached hydrogen (secondary N) is 1. The molecule has 0 aliphatic heterocycles. The van der Waals surface area contributed by atoms with Crippen LogP contribution in [0.1, 0.15) is 44.9 Å². The van der Waals surface area contributed by atoms with Crippen molar-refractivity contribution in [1.29, 1.82) is 0 Å². The van der Waals surface area contributed by atoms with Gasteiger partial charge in [0.15, 0.2) is 0 Å². The van der Waals surface area contributed by atoms with Gasteiger partial charge in [-0.3, -0.25) is 0 Å². The molecule has 0 unspecified atom stereocenters. The van der Waals surface area contributed by atoms with Gasteiger partial charge in [-0.15, -0.1) is 0 Å². The number of aromatic nitrogens is 1. The number of nitrogen functional groups attached to an aromatic ring is 1. The van der Waals surface area contributed by atoms with E-state index in [0.29, 0.717) is 11.9 Å². The zero-order valence-electron chi connectivity index (χ0n) is 12.3. The molecule has 0 bridgehead atoms. The average Bonchev–Trinajstić information content (AvgIpc) is 2.83. The Bertz CT molecular complexity index is 557. The summed E-state index contributed by atoms with van der Waals surface area (Å²) in [6.07, 6.45) is 9.30. The van der Waals surface area contributed by atoms with E-state index in [1.54, 1.807) is 0 Å². The summed E-state index contributed by atoms with van der Waals surface area (Å²) in [5.74, 6) is 0.638. The van der Waals surface area contributed by atoms with Crippen molar-refractivity contribution in [3.05, 3.63) is 30.3 Å². The highest BCUT2D eigenvalue weighted by Gasteiger charge is 2.17. The molecule has 1 saturated carbocycles. The molecule has 0 saturated heterocycles. The van der Waals surface area contributed by atoms with Crippen molar-refractivity contribution in [3.63, 3.8) is 0 Å². The molecule has 3 nitrogen and oxygen atoms in total. The third-order valence-corrected chi connectivity index (χ3v) is 5.01. The molecule has 1 aliphatic carbocycles. The molecule has 112 valence electrons. The molecule has 2 aromatic rings. The van der Waals surface area contributed by atoms with Crippen LogP contribution in [0.4, 0.5) is 10.8 Å². The lowest BCUT2D eigenvalue weighted by molar-refractivity contribution is 0.472. The Kier molecular flexibility index (Phi) is 4.76. The highest BCUT2D eigenvalue weighted by molar-refractivity contribution is 7.11. The number of nitrogens with zero attached hydrogens (tertiary/aromatic N) is 1. The van der Waals surface area contributed by atoms with Crippen molar-refractivity contribution in [2.45, 2.75) is 51.0 Å². The van der Waals surface area contributed by atoms with Gasteiger partial charge in [0.2, 0.25) is 0 Å². The van der Waals surface area contributed by atoms with Crippen LogP contribution in [-0.2, 0) is 0 Å². The van der Waals surface area contributed by atoms with Gasteiger partial charge in [0, 0.05) is 6.04 Å². The van der Waals surface area contributed by atoms with Crippen LogP contribution in [0.15, 0.2) is 30.3 Å². The first-order valence-corrected chi connectivity index (χ1v) is 8.69. The summed E-state index contributed by atoms with van der Waals surface area (Å²) >= 11 is 1.49. The number of hydrogen-bond acceptors (Lipinski definition) is 4. The Hall–Kier alpha value is -1.55. The second-order valence-electron chi connectivity index (χ2n) is 5.82. The van der Waals surface area contributed by atoms with Crippen molar-refractivity contribution in [2.24, 2.45) is 0 Å². The van der Waals surface area contributed by atoms with E-state index in [9.17, 15) is 0 Å². The third-order valence-electron chi connectivity index (χ3n) is 4.22. The molecular weight excluding hydrogens is 278 g/mol. The smallest absolute Gasteiger partial charge is 0.147 e. The number of rotatable bonds is 3. The number of anilines is 2. The fourth-order valence-corrected chi connectivity index (χ4v) is 3.88. The van der Waals surface area contributed by atoms with E-state index in [1.165, 1.54) is 56.5 Å². The van der Waals surface area contributed by atoms with Gasteiger partial charge in [0.05, 0.1) is 5.56 Å². The minimum absolute atomic E-state index is 0.563. The van der Waals surface area contributed by atoms with E-state index in [4.69, 9.17) is 5.73 Å². The lowest BCUT2D eigenvalue weighted by Crippen LogP contribution is -2.20. The van der Waals surface area contributed by atoms with E-state index in [0.717, 1.165) is 16.1 Å². The van der Waals surface area contributed by atoms with Gasteiger partial charge in [0.1, 0.15) is 10.8 Å². The quantitative estimate of drug-likeness (QED) is 0.846. The normalized spacial score (nSPS) is 17.1. The van der Waals surface area contributed by atoms with Gasteiger partial charge in [0.25, 0.3) is 0 Å². The van der Waals surface area contributed by atoms with Crippen LogP contribution < -0.4 is 11.1 Å². The lowest BCUT2D eigenvalue weighted by atomic mass is 9.96. The SMILES string of the molecule is Nc1nsc(NC2CCCCCCC2)c1-c1ccccc1. The molecule has 21 heavy (non-hydrogen) atoms. The zero-order valence-corrected chi connectivity index (χ0v) is 13.2. The van der Waals surface area contributed by atoms with Crippen LogP contribution in [0.25, 0.3) is 11.1 Å². The summed E-state index contributed by atoms with van der Waals surface area (Å²) in [4.78, 5) is 0. The van der Waals surface area contributed by atoms with Crippen molar-refractivity contribution in [2.75, 3.05) is 11.1 Å². The summed E-state index contributed by atoms with van der Waals surface area (Å²) in [6, 6.07) is 10.9. The van der Waals surface area contributed by atoms with E-state index in [1.807, 2.05) is 18.2 Å². The minimum atomic E-state index is 0.563.